The van der Waals surface area contributed by atoms with Gasteiger partial charge in [-0.25, -0.2) is 4.79 Å². The third kappa shape index (κ3) is 8.60. The Morgan fingerprint density at radius 3 is 2.02 bits per heavy atom. The molecule has 0 bridgehead atoms. The fourth-order valence-corrected chi connectivity index (χ4v) is 5.69. The minimum atomic E-state index is -2.74. The molecule has 5 N–H and O–H groups in total. The van der Waals surface area contributed by atoms with Gasteiger partial charge in [-0.15, -0.1) is 0 Å². The number of benzene rings is 2. The number of aliphatic carboxylic acids is 3. The van der Waals surface area contributed by atoms with E-state index in [1.807, 2.05) is 38.4 Å². The molecule has 43 heavy (non-hydrogen) atoms. The molecule has 1 atom stereocenters. The minimum absolute atomic E-state index is 0.00201. The maximum absolute atomic E-state index is 12.9. The van der Waals surface area contributed by atoms with E-state index in [4.69, 9.17) is 25.2 Å². The van der Waals surface area contributed by atoms with Crippen LogP contribution in [0.2, 0.25) is 0 Å². The number of piperidine rings is 1. The highest BCUT2D eigenvalue weighted by atomic mass is 16.5. The van der Waals surface area contributed by atoms with Gasteiger partial charge in [-0.1, -0.05) is 48.5 Å². The van der Waals surface area contributed by atoms with Crippen molar-refractivity contribution >= 4 is 23.8 Å². The van der Waals surface area contributed by atoms with E-state index in [0.29, 0.717) is 13.0 Å². The number of rotatable bonds is 11. The van der Waals surface area contributed by atoms with Gasteiger partial charge < -0.3 is 40.1 Å². The van der Waals surface area contributed by atoms with Gasteiger partial charge in [-0.3, -0.25) is 14.4 Å². The molecular weight excluding hydrogens is 560 g/mol. The van der Waals surface area contributed by atoms with Gasteiger partial charge in [0.15, 0.2) is 5.60 Å². The van der Waals surface area contributed by atoms with Crippen LogP contribution in [0.5, 0.6) is 0 Å². The van der Waals surface area contributed by atoms with Crippen molar-refractivity contribution in [2.75, 3.05) is 33.7 Å². The van der Waals surface area contributed by atoms with Crippen molar-refractivity contribution in [3.63, 3.8) is 0 Å². The molecule has 12 nitrogen and oxygen atoms in total. The summed E-state index contributed by atoms with van der Waals surface area (Å²) in [5.41, 5.74) is 1.73. The van der Waals surface area contributed by atoms with Crippen LogP contribution in [0.15, 0.2) is 48.5 Å². The predicted molar refractivity (Wildman–Crippen MR) is 154 cm³/mol. The molecule has 0 aromatic heterocycles. The number of aliphatic hydroxyl groups is 2. The molecule has 0 radical (unpaired) electrons. The smallest absolute Gasteiger partial charge is 0.336 e. The number of fused-ring (bicyclic) bond motifs is 2. The van der Waals surface area contributed by atoms with Crippen LogP contribution in [-0.4, -0.2) is 98.5 Å². The summed E-state index contributed by atoms with van der Waals surface area (Å²) in [6.45, 7) is 3.28. The van der Waals surface area contributed by atoms with E-state index in [2.05, 4.69) is 29.2 Å². The van der Waals surface area contributed by atoms with Crippen molar-refractivity contribution in [1.29, 1.82) is 0 Å². The van der Waals surface area contributed by atoms with E-state index in [1.165, 1.54) is 11.1 Å². The van der Waals surface area contributed by atoms with Crippen LogP contribution in [0, 0.1) is 5.92 Å². The first-order chi connectivity index (χ1) is 20.3. The van der Waals surface area contributed by atoms with E-state index < -0.39 is 36.4 Å². The van der Waals surface area contributed by atoms with E-state index in [0.717, 1.165) is 43.6 Å². The summed E-state index contributed by atoms with van der Waals surface area (Å²) in [6.07, 6.45) is 0.276. The van der Waals surface area contributed by atoms with Gasteiger partial charge in [-0.2, -0.15) is 0 Å². The van der Waals surface area contributed by atoms with Gasteiger partial charge in [0.25, 0.3) is 0 Å². The van der Waals surface area contributed by atoms with E-state index in [-0.39, 0.29) is 24.0 Å². The van der Waals surface area contributed by atoms with E-state index in [9.17, 15) is 24.3 Å². The number of carbonyl (C=O) groups is 4. The molecular formula is C31H40N2O10. The van der Waals surface area contributed by atoms with Gasteiger partial charge in [-0.05, 0) is 41.5 Å². The Hall–Kier alpha value is -3.84. The molecule has 2 aliphatic heterocycles. The fraction of sp³-hybridized carbons (Fsp3) is 0.484. The van der Waals surface area contributed by atoms with Crippen LogP contribution in [0.3, 0.4) is 0 Å². The second-order valence-electron chi connectivity index (χ2n) is 11.3. The fourth-order valence-electron chi connectivity index (χ4n) is 5.69. The molecule has 4 rings (SSSR count). The highest BCUT2D eigenvalue weighted by Gasteiger charge is 2.43. The molecule has 0 aliphatic carbocycles. The third-order valence-electron chi connectivity index (χ3n) is 7.99. The van der Waals surface area contributed by atoms with Crippen molar-refractivity contribution in [2.24, 2.45) is 5.92 Å². The molecule has 2 aromatic rings. The number of carboxylic acid groups (broad SMARTS) is 3. The second kappa shape index (κ2) is 14.6. The lowest BCUT2D eigenvalue weighted by atomic mass is 9.83. The summed E-state index contributed by atoms with van der Waals surface area (Å²) >= 11 is 0. The summed E-state index contributed by atoms with van der Waals surface area (Å²) in [5, 5.41) is 43.5. The first-order valence-corrected chi connectivity index (χ1v) is 14.0. The number of hydrogen-bond donors (Lipinski definition) is 5. The lowest BCUT2D eigenvalue weighted by molar-refractivity contribution is -0.170. The Balaban J connectivity index is 0.000000331. The van der Waals surface area contributed by atoms with Crippen molar-refractivity contribution in [3.05, 3.63) is 70.8 Å². The quantitative estimate of drug-likeness (QED) is 0.253. The molecule has 1 fully saturated rings. The average molecular weight is 601 g/mol. The highest BCUT2D eigenvalue weighted by Crippen LogP contribution is 2.44. The first kappa shape index (κ1) is 33.7. The zero-order valence-corrected chi connectivity index (χ0v) is 24.4. The molecule has 1 saturated heterocycles. The topological polar surface area (TPSA) is 185 Å². The van der Waals surface area contributed by atoms with Crippen molar-refractivity contribution in [1.82, 2.24) is 9.80 Å². The largest absolute Gasteiger partial charge is 0.481 e. The Labute approximate surface area is 250 Å². The van der Waals surface area contributed by atoms with Gasteiger partial charge in [0, 0.05) is 33.7 Å². The van der Waals surface area contributed by atoms with Gasteiger partial charge in [0.2, 0.25) is 5.91 Å². The van der Waals surface area contributed by atoms with Crippen LogP contribution in [-0.2, 0) is 49.2 Å². The van der Waals surface area contributed by atoms with Crippen molar-refractivity contribution in [3.8, 4) is 0 Å². The predicted octanol–water partition coefficient (Wildman–Crippen LogP) is 1.70. The van der Waals surface area contributed by atoms with E-state index >= 15 is 0 Å². The number of amides is 1. The summed E-state index contributed by atoms with van der Waals surface area (Å²) in [6, 6.07) is 16.4. The van der Waals surface area contributed by atoms with Crippen molar-refractivity contribution in [2.45, 2.75) is 56.5 Å². The third-order valence-corrected chi connectivity index (χ3v) is 7.99. The van der Waals surface area contributed by atoms with Crippen LogP contribution < -0.4 is 0 Å². The average Bonchev–Trinajstić information content (AvgIpc) is 3.31. The molecule has 1 unspecified atom stereocenters. The Morgan fingerprint density at radius 1 is 0.930 bits per heavy atom. The normalized spacial score (nSPS) is 16.5. The highest BCUT2D eigenvalue weighted by molar-refractivity contribution is 5.88. The molecule has 2 heterocycles. The maximum Gasteiger partial charge on any atom is 0.336 e. The SMILES string of the molecule is CN(C)C(=O)C(Cc1ccccc1CO)CN1CCC2(CC1)OCc1ccccc12.O=C(O)CC(O)(CC(=O)O)C(=O)O. The Kier molecular flexibility index (Phi) is 11.4. The molecule has 2 aliphatic rings. The standard InChI is InChI=1S/C25H32N2O3.C6H8O7/c1-26(2)24(29)22(15-19-7-3-4-8-20(19)17-28)16-27-13-11-25(12-14-27)23-10-6-5-9-21(23)18-30-25;7-3(8)1-6(13,5(11)12)2-4(9)10/h3-10,22,28H,11-18H2,1-2H3;13H,1-2H2,(H,7,8)(H,9,10)(H,11,12). The van der Waals surface area contributed by atoms with Crippen molar-refractivity contribution < 1.29 is 49.4 Å². The van der Waals surface area contributed by atoms with Crippen LogP contribution >= 0.6 is 0 Å². The molecule has 234 valence electrons. The van der Waals surface area contributed by atoms with Gasteiger partial charge in [0.05, 0.1) is 37.6 Å². The van der Waals surface area contributed by atoms with Gasteiger partial charge >= 0.3 is 17.9 Å². The maximum atomic E-state index is 12.9. The summed E-state index contributed by atoms with van der Waals surface area (Å²) in [5.74, 6) is -5.00. The van der Waals surface area contributed by atoms with Crippen LogP contribution in [0.1, 0.15) is 47.9 Å². The Morgan fingerprint density at radius 2 is 1.49 bits per heavy atom. The zero-order chi connectivity index (χ0) is 31.8. The number of likely N-dealkylation sites (tertiary alicyclic amines) is 1. The molecule has 12 heteroatoms. The summed E-state index contributed by atoms with van der Waals surface area (Å²) < 4.78 is 6.29. The molecule has 1 spiro atoms. The van der Waals surface area contributed by atoms with Crippen LogP contribution in [0.4, 0.5) is 0 Å². The summed E-state index contributed by atoms with van der Waals surface area (Å²) in [4.78, 5) is 47.5. The molecule has 0 saturated carbocycles. The van der Waals surface area contributed by atoms with Gasteiger partial charge in [0.1, 0.15) is 0 Å². The summed E-state index contributed by atoms with van der Waals surface area (Å²) in [7, 11) is 3.64. The number of carbonyl (C=O) groups excluding carboxylic acids is 1. The molecule has 1 amide bonds. The molecule has 2 aromatic carbocycles. The van der Waals surface area contributed by atoms with E-state index in [1.54, 1.807) is 4.90 Å². The minimum Gasteiger partial charge on any atom is -0.481 e. The first-order valence-electron chi connectivity index (χ1n) is 14.0. The lowest BCUT2D eigenvalue weighted by Gasteiger charge is -2.40. The van der Waals surface area contributed by atoms with Crippen LogP contribution in [0.25, 0.3) is 0 Å². The number of nitrogens with zero attached hydrogens (tertiary/aromatic N) is 2. The number of hydrogen-bond acceptors (Lipinski definition) is 8. The lowest BCUT2D eigenvalue weighted by Crippen LogP contribution is -2.46. The Bertz CT molecular complexity index is 1290. The number of carboxylic acids is 3. The second-order valence-corrected chi connectivity index (χ2v) is 11.3. The zero-order valence-electron chi connectivity index (χ0n) is 24.4. The number of aliphatic hydroxyl groups excluding tert-OH is 1. The monoisotopic (exact) mass is 600 g/mol. The number of ether oxygens (including phenoxy) is 1.